The van der Waals surface area contributed by atoms with Crippen molar-refractivity contribution >= 4 is 16.8 Å². The van der Waals surface area contributed by atoms with Crippen LogP contribution in [0.3, 0.4) is 0 Å². The van der Waals surface area contributed by atoms with E-state index in [0.717, 1.165) is 16.6 Å². The van der Waals surface area contributed by atoms with Crippen molar-refractivity contribution in [1.82, 2.24) is 4.98 Å². The Kier molecular flexibility index (Phi) is 3.06. The first kappa shape index (κ1) is 11.5. The van der Waals surface area contributed by atoms with E-state index in [1.807, 2.05) is 31.2 Å². The molecule has 1 atom stereocenters. The van der Waals surface area contributed by atoms with Gasteiger partial charge >= 0.3 is 0 Å². The summed E-state index contributed by atoms with van der Waals surface area (Å²) in [6.45, 7) is 1.83. The Morgan fingerprint density at radius 1 is 1.41 bits per heavy atom. The molecule has 0 spiro atoms. The summed E-state index contributed by atoms with van der Waals surface area (Å²) in [7, 11) is 0. The zero-order valence-corrected chi connectivity index (χ0v) is 9.51. The fourth-order valence-electron chi connectivity index (χ4n) is 1.90. The number of aromatic nitrogens is 1. The van der Waals surface area contributed by atoms with Crippen molar-refractivity contribution in [3.05, 3.63) is 41.6 Å². The summed E-state index contributed by atoms with van der Waals surface area (Å²) in [5.74, 6) is -0.580. The summed E-state index contributed by atoms with van der Waals surface area (Å²) in [4.78, 5) is 15.2. The molecule has 0 saturated heterocycles. The van der Waals surface area contributed by atoms with Gasteiger partial charge in [-0.1, -0.05) is 18.2 Å². The number of nitrogens with zero attached hydrogens (tertiary/aromatic N) is 1. The zero-order chi connectivity index (χ0) is 12.4. The molecular weight excluding hydrogens is 216 g/mol. The first-order valence-corrected chi connectivity index (χ1v) is 5.38. The maximum Gasteiger partial charge on any atom is 0.220 e. The molecule has 0 aliphatic carbocycles. The number of fused-ring (bicyclic) bond motifs is 1. The third kappa shape index (κ3) is 2.42. The molecule has 0 bridgehead atoms. The molecule has 17 heavy (non-hydrogen) atoms. The van der Waals surface area contributed by atoms with Crippen LogP contribution in [-0.4, -0.2) is 10.9 Å². The first-order valence-electron chi connectivity index (χ1n) is 5.38. The van der Waals surface area contributed by atoms with Gasteiger partial charge in [0.05, 0.1) is 11.9 Å². The molecule has 0 saturated carbocycles. The molecule has 0 fully saturated rings. The predicted octanol–water partition coefficient (Wildman–Crippen LogP) is 1.89. The van der Waals surface area contributed by atoms with E-state index >= 15 is 0 Å². The molecule has 87 valence electrons. The van der Waals surface area contributed by atoms with Crippen LogP contribution in [0.1, 0.15) is 23.8 Å². The molecule has 2 N–H and O–H groups in total. The van der Waals surface area contributed by atoms with Gasteiger partial charge in [0, 0.05) is 11.1 Å². The van der Waals surface area contributed by atoms with Crippen LogP contribution in [-0.2, 0) is 9.90 Å². The average molecular weight is 229 g/mol. The summed E-state index contributed by atoms with van der Waals surface area (Å²) in [6.07, 6.45) is -1.31. The highest BCUT2D eigenvalue weighted by Crippen LogP contribution is 2.26. The molecule has 1 amide bonds. The lowest BCUT2D eigenvalue weighted by Crippen LogP contribution is -2.14. The maximum absolute atomic E-state index is 12.0. The van der Waals surface area contributed by atoms with Crippen LogP contribution in [0.15, 0.2) is 30.3 Å². The number of primary amides is 1. The molecule has 2 rings (SSSR count). The van der Waals surface area contributed by atoms with Crippen molar-refractivity contribution in [2.24, 2.45) is 5.73 Å². The summed E-state index contributed by atoms with van der Waals surface area (Å²) >= 11 is 0. The van der Waals surface area contributed by atoms with E-state index in [1.165, 1.54) is 0 Å². The van der Waals surface area contributed by atoms with Crippen LogP contribution in [0.4, 0.5) is 0 Å². The largest absolute Gasteiger partial charge is 0.370 e. The van der Waals surface area contributed by atoms with Crippen molar-refractivity contribution in [2.75, 3.05) is 0 Å². The van der Waals surface area contributed by atoms with Gasteiger partial charge in [-0.25, -0.2) is 5.11 Å². The third-order valence-electron chi connectivity index (χ3n) is 2.61. The number of nitrogens with two attached hydrogens (primary N) is 1. The molecule has 1 radical (unpaired) electrons. The van der Waals surface area contributed by atoms with E-state index in [1.54, 1.807) is 6.07 Å². The minimum absolute atomic E-state index is 0.187. The quantitative estimate of drug-likeness (QED) is 0.872. The number of carbonyl (C=O) groups is 1. The van der Waals surface area contributed by atoms with Crippen molar-refractivity contribution in [2.45, 2.75) is 19.4 Å². The van der Waals surface area contributed by atoms with Crippen LogP contribution in [0.2, 0.25) is 0 Å². The van der Waals surface area contributed by atoms with Gasteiger partial charge in [0.2, 0.25) is 5.91 Å². The molecule has 4 nitrogen and oxygen atoms in total. The highest BCUT2D eigenvalue weighted by atomic mass is 16.3. The van der Waals surface area contributed by atoms with E-state index in [-0.39, 0.29) is 6.42 Å². The summed E-state index contributed by atoms with van der Waals surface area (Å²) in [5.41, 5.74) is 7.19. The number of amides is 1. The van der Waals surface area contributed by atoms with E-state index < -0.39 is 12.0 Å². The summed E-state index contributed by atoms with van der Waals surface area (Å²) in [5, 5.41) is 12.8. The van der Waals surface area contributed by atoms with Gasteiger partial charge in [0.1, 0.15) is 6.10 Å². The predicted molar refractivity (Wildman–Crippen MR) is 63.7 cm³/mol. The molecule has 0 aliphatic heterocycles. The second-order valence-corrected chi connectivity index (χ2v) is 4.03. The normalized spacial score (nSPS) is 12.6. The molecule has 2 aromatic rings. The van der Waals surface area contributed by atoms with Crippen LogP contribution in [0.25, 0.3) is 10.9 Å². The number of pyridine rings is 1. The standard InChI is InChI=1S/C13H13N2O2/c1-8-6-10(12(16)7-13(14)17)9-4-2-3-5-11(9)15-8/h2-6,12H,7H2,1H3,(H2,14,17). The Labute approximate surface area is 99.1 Å². The Hall–Kier alpha value is -1.94. The SMILES string of the molecule is Cc1cc(C([O])CC(N)=O)c2ccccc2n1. The van der Waals surface area contributed by atoms with Gasteiger partial charge in [-0.15, -0.1) is 0 Å². The lowest BCUT2D eigenvalue weighted by Gasteiger charge is -2.11. The topological polar surface area (TPSA) is 75.9 Å². The molecule has 1 aromatic carbocycles. The average Bonchev–Trinajstić information content (AvgIpc) is 2.26. The van der Waals surface area contributed by atoms with E-state index in [2.05, 4.69) is 4.98 Å². The number of rotatable bonds is 3. The summed E-state index contributed by atoms with van der Waals surface area (Å²) < 4.78 is 0. The van der Waals surface area contributed by atoms with E-state index in [4.69, 9.17) is 5.73 Å². The van der Waals surface area contributed by atoms with Gasteiger partial charge in [-0.3, -0.25) is 9.78 Å². The second-order valence-electron chi connectivity index (χ2n) is 4.03. The highest BCUT2D eigenvalue weighted by Gasteiger charge is 2.16. The highest BCUT2D eigenvalue weighted by molar-refractivity contribution is 5.83. The molecule has 1 unspecified atom stereocenters. The zero-order valence-electron chi connectivity index (χ0n) is 9.51. The first-order chi connectivity index (χ1) is 8.08. The maximum atomic E-state index is 12.0. The molecule has 1 aromatic heterocycles. The van der Waals surface area contributed by atoms with Crippen molar-refractivity contribution < 1.29 is 9.90 Å². The Morgan fingerprint density at radius 2 is 2.12 bits per heavy atom. The van der Waals surface area contributed by atoms with E-state index in [0.29, 0.717) is 5.56 Å². The minimum atomic E-state index is -1.13. The van der Waals surface area contributed by atoms with Gasteiger partial charge in [-0.05, 0) is 24.6 Å². The smallest absolute Gasteiger partial charge is 0.220 e. The van der Waals surface area contributed by atoms with Gasteiger partial charge in [0.25, 0.3) is 0 Å². The van der Waals surface area contributed by atoms with Crippen LogP contribution in [0, 0.1) is 6.92 Å². The fourth-order valence-corrected chi connectivity index (χ4v) is 1.90. The number of hydrogen-bond acceptors (Lipinski definition) is 2. The molecule has 4 heteroatoms. The van der Waals surface area contributed by atoms with Crippen LogP contribution in [0.5, 0.6) is 0 Å². The summed E-state index contributed by atoms with van der Waals surface area (Å²) in [6, 6.07) is 9.13. The van der Waals surface area contributed by atoms with Gasteiger partial charge in [-0.2, -0.15) is 0 Å². The Balaban J connectivity index is 2.55. The third-order valence-corrected chi connectivity index (χ3v) is 2.61. The molecule has 0 aliphatic rings. The Bertz CT molecular complexity index is 566. The van der Waals surface area contributed by atoms with Crippen LogP contribution >= 0.6 is 0 Å². The molecular formula is C13H13N2O2. The fraction of sp³-hybridized carbons (Fsp3) is 0.231. The number of aryl methyl sites for hydroxylation is 1. The number of para-hydroxylation sites is 1. The molecule has 1 heterocycles. The lowest BCUT2D eigenvalue weighted by atomic mass is 10.0. The van der Waals surface area contributed by atoms with Crippen molar-refractivity contribution in [1.29, 1.82) is 0 Å². The number of carbonyl (C=O) groups excluding carboxylic acids is 1. The second kappa shape index (κ2) is 4.51. The van der Waals surface area contributed by atoms with E-state index in [9.17, 15) is 9.90 Å². The Morgan fingerprint density at radius 3 is 2.82 bits per heavy atom. The number of hydrogen-bond donors (Lipinski definition) is 1. The number of benzene rings is 1. The minimum Gasteiger partial charge on any atom is -0.370 e. The van der Waals surface area contributed by atoms with Gasteiger partial charge in [0.15, 0.2) is 0 Å². The monoisotopic (exact) mass is 229 g/mol. The van der Waals surface area contributed by atoms with Gasteiger partial charge < -0.3 is 5.73 Å². The van der Waals surface area contributed by atoms with Crippen molar-refractivity contribution in [3.8, 4) is 0 Å². The lowest BCUT2D eigenvalue weighted by molar-refractivity contribution is -0.120. The van der Waals surface area contributed by atoms with Crippen molar-refractivity contribution in [3.63, 3.8) is 0 Å². The van der Waals surface area contributed by atoms with Crippen LogP contribution < -0.4 is 5.73 Å².